The minimum absolute atomic E-state index is 0.185. The number of Topliss-reactive ketones (excluding diaryl/α,β-unsaturated/α-hetero) is 1. The van der Waals surface area contributed by atoms with Crippen LogP contribution in [0.15, 0.2) is 0 Å². The highest BCUT2D eigenvalue weighted by Gasteiger charge is 2.34. The lowest BCUT2D eigenvalue weighted by molar-refractivity contribution is -0.127. The predicted molar refractivity (Wildman–Crippen MR) is 38.6 cm³/mol. The number of ketones is 1. The average Bonchev–Trinajstić information content (AvgIpc) is 1.78. The molecule has 0 aromatic heterocycles. The second-order valence-electron chi connectivity index (χ2n) is 3.76. The first-order valence-electron chi connectivity index (χ1n) is 3.72. The van der Waals surface area contributed by atoms with Gasteiger partial charge in [-0.1, -0.05) is 13.8 Å². The molecule has 0 radical (unpaired) electrons. The van der Waals surface area contributed by atoms with Gasteiger partial charge in [-0.15, -0.1) is 0 Å². The molecule has 2 heteroatoms. The van der Waals surface area contributed by atoms with Gasteiger partial charge in [0.15, 0.2) is 0 Å². The Bertz CT molecular complexity index is 149. The molecule has 1 N–H and O–H groups in total. The second kappa shape index (κ2) is 2.35. The Hall–Kier alpha value is -0.370. The lowest BCUT2D eigenvalue weighted by Crippen LogP contribution is -2.36. The lowest BCUT2D eigenvalue weighted by atomic mass is 9.74. The van der Waals surface area contributed by atoms with Crippen LogP contribution in [0, 0.1) is 5.41 Å². The summed E-state index contributed by atoms with van der Waals surface area (Å²) in [5.41, 5.74) is -0.185. The molecule has 10 heavy (non-hydrogen) atoms. The van der Waals surface area contributed by atoms with Gasteiger partial charge in [0.25, 0.3) is 0 Å². The second-order valence-corrected chi connectivity index (χ2v) is 3.76. The minimum atomic E-state index is -0.287. The molecule has 0 aliphatic heterocycles. The molecule has 0 heterocycles. The fraction of sp³-hybridized carbons (Fsp3) is 0.875. The molecule has 0 saturated heterocycles. The van der Waals surface area contributed by atoms with Gasteiger partial charge in [0.05, 0.1) is 6.10 Å². The van der Waals surface area contributed by atoms with E-state index in [1.165, 1.54) is 0 Å². The number of carbonyl (C=O) groups is 1. The quantitative estimate of drug-likeness (QED) is 0.550. The number of carbonyl (C=O) groups excluding carboxylic acids is 1. The van der Waals surface area contributed by atoms with Crippen molar-refractivity contribution in [1.82, 2.24) is 0 Å². The van der Waals surface area contributed by atoms with E-state index in [2.05, 4.69) is 0 Å². The van der Waals surface area contributed by atoms with Gasteiger partial charge in [-0.05, 0) is 11.8 Å². The summed E-state index contributed by atoms with van der Waals surface area (Å²) in [4.78, 5) is 10.9. The zero-order valence-electron chi connectivity index (χ0n) is 6.55. The Morgan fingerprint density at radius 2 is 2.20 bits per heavy atom. The van der Waals surface area contributed by atoms with Crippen molar-refractivity contribution in [3.63, 3.8) is 0 Å². The molecule has 58 valence electrons. The first kappa shape index (κ1) is 7.73. The molecule has 1 atom stereocenters. The van der Waals surface area contributed by atoms with Crippen LogP contribution in [-0.4, -0.2) is 17.0 Å². The van der Waals surface area contributed by atoms with Crippen LogP contribution in [-0.2, 0) is 4.79 Å². The molecule has 1 rings (SSSR count). The summed E-state index contributed by atoms with van der Waals surface area (Å²) in [5.74, 6) is 0.287. The SMILES string of the molecule is CC1(C)CC(=O)CC[C@@H]1O. The highest BCUT2D eigenvalue weighted by Crippen LogP contribution is 2.33. The van der Waals surface area contributed by atoms with Crippen LogP contribution in [0.4, 0.5) is 0 Å². The van der Waals surface area contributed by atoms with Crippen molar-refractivity contribution in [2.24, 2.45) is 5.41 Å². The summed E-state index contributed by atoms with van der Waals surface area (Å²) in [7, 11) is 0. The Morgan fingerprint density at radius 3 is 2.60 bits per heavy atom. The van der Waals surface area contributed by atoms with Crippen LogP contribution in [0.1, 0.15) is 33.1 Å². The smallest absolute Gasteiger partial charge is 0.133 e. The van der Waals surface area contributed by atoms with Crippen LogP contribution in [0.5, 0.6) is 0 Å². The molecule has 1 saturated carbocycles. The number of aliphatic hydroxyl groups excluding tert-OH is 1. The molecule has 0 aromatic rings. The van der Waals surface area contributed by atoms with Crippen molar-refractivity contribution < 1.29 is 9.90 Å². The van der Waals surface area contributed by atoms with E-state index in [0.717, 1.165) is 0 Å². The molecule has 0 unspecified atom stereocenters. The van der Waals surface area contributed by atoms with Crippen LogP contribution in [0.25, 0.3) is 0 Å². The summed E-state index contributed by atoms with van der Waals surface area (Å²) in [5, 5.41) is 9.40. The third-order valence-electron chi connectivity index (χ3n) is 2.25. The molecule has 0 amide bonds. The first-order chi connectivity index (χ1) is 4.52. The molecular weight excluding hydrogens is 128 g/mol. The summed E-state index contributed by atoms with van der Waals surface area (Å²) in [6, 6.07) is 0. The van der Waals surface area contributed by atoms with Crippen molar-refractivity contribution in [2.45, 2.75) is 39.2 Å². The molecule has 1 fully saturated rings. The van der Waals surface area contributed by atoms with Gasteiger partial charge in [-0.25, -0.2) is 0 Å². The Kier molecular flexibility index (Phi) is 1.82. The zero-order chi connectivity index (χ0) is 7.78. The van der Waals surface area contributed by atoms with Gasteiger partial charge in [0, 0.05) is 12.8 Å². The topological polar surface area (TPSA) is 37.3 Å². The monoisotopic (exact) mass is 142 g/mol. The van der Waals surface area contributed by atoms with Crippen molar-refractivity contribution in [1.29, 1.82) is 0 Å². The van der Waals surface area contributed by atoms with E-state index in [1.807, 2.05) is 13.8 Å². The molecule has 2 nitrogen and oxygen atoms in total. The molecule has 1 aliphatic rings. The normalized spacial score (nSPS) is 32.3. The third-order valence-corrected chi connectivity index (χ3v) is 2.25. The highest BCUT2D eigenvalue weighted by atomic mass is 16.3. The molecule has 1 aliphatic carbocycles. The fourth-order valence-electron chi connectivity index (χ4n) is 1.40. The largest absolute Gasteiger partial charge is 0.393 e. The van der Waals surface area contributed by atoms with E-state index in [1.54, 1.807) is 0 Å². The number of rotatable bonds is 0. The lowest BCUT2D eigenvalue weighted by Gasteiger charge is -2.33. The van der Waals surface area contributed by atoms with Crippen LogP contribution in [0.3, 0.4) is 0 Å². The molecule has 0 aromatic carbocycles. The van der Waals surface area contributed by atoms with Gasteiger partial charge in [-0.3, -0.25) is 4.79 Å². The van der Waals surface area contributed by atoms with Gasteiger partial charge in [0.1, 0.15) is 5.78 Å². The molecular formula is C8H14O2. The average molecular weight is 142 g/mol. The number of hydrogen-bond acceptors (Lipinski definition) is 2. The standard InChI is InChI=1S/C8H14O2/c1-8(2)5-6(9)3-4-7(8)10/h7,10H,3-5H2,1-2H3/t7-/m0/s1. The van der Waals surface area contributed by atoms with E-state index >= 15 is 0 Å². The number of hydrogen-bond donors (Lipinski definition) is 1. The van der Waals surface area contributed by atoms with Gasteiger partial charge in [0.2, 0.25) is 0 Å². The zero-order valence-corrected chi connectivity index (χ0v) is 6.55. The van der Waals surface area contributed by atoms with Gasteiger partial charge >= 0.3 is 0 Å². The Labute approximate surface area is 61.2 Å². The molecule has 0 bridgehead atoms. The Balaban J connectivity index is 2.63. The minimum Gasteiger partial charge on any atom is -0.393 e. The van der Waals surface area contributed by atoms with Crippen molar-refractivity contribution in [2.75, 3.05) is 0 Å². The summed E-state index contributed by atoms with van der Waals surface area (Å²) in [6.45, 7) is 3.88. The summed E-state index contributed by atoms with van der Waals surface area (Å²) in [6.07, 6.45) is 1.45. The van der Waals surface area contributed by atoms with Gasteiger partial charge < -0.3 is 5.11 Å². The van der Waals surface area contributed by atoms with Crippen molar-refractivity contribution in [3.8, 4) is 0 Å². The van der Waals surface area contributed by atoms with Crippen molar-refractivity contribution in [3.05, 3.63) is 0 Å². The maximum absolute atomic E-state index is 10.9. The van der Waals surface area contributed by atoms with Crippen LogP contribution >= 0.6 is 0 Å². The first-order valence-corrected chi connectivity index (χ1v) is 3.72. The van der Waals surface area contributed by atoms with E-state index in [4.69, 9.17) is 0 Å². The van der Waals surface area contributed by atoms with E-state index in [-0.39, 0.29) is 17.3 Å². The van der Waals surface area contributed by atoms with E-state index in [0.29, 0.717) is 19.3 Å². The third kappa shape index (κ3) is 1.37. The molecule has 0 spiro atoms. The maximum Gasteiger partial charge on any atom is 0.133 e. The van der Waals surface area contributed by atoms with Crippen molar-refractivity contribution >= 4 is 5.78 Å². The van der Waals surface area contributed by atoms with E-state index in [9.17, 15) is 9.90 Å². The fourth-order valence-corrected chi connectivity index (χ4v) is 1.40. The predicted octanol–water partition coefficient (Wildman–Crippen LogP) is 1.13. The highest BCUT2D eigenvalue weighted by molar-refractivity contribution is 5.80. The Morgan fingerprint density at radius 1 is 1.60 bits per heavy atom. The number of aliphatic hydroxyl groups is 1. The maximum atomic E-state index is 10.9. The van der Waals surface area contributed by atoms with Crippen LogP contribution in [0.2, 0.25) is 0 Å². The van der Waals surface area contributed by atoms with Gasteiger partial charge in [-0.2, -0.15) is 0 Å². The summed E-state index contributed by atoms with van der Waals surface area (Å²) >= 11 is 0. The van der Waals surface area contributed by atoms with E-state index < -0.39 is 0 Å². The van der Waals surface area contributed by atoms with Crippen LogP contribution < -0.4 is 0 Å². The summed E-state index contributed by atoms with van der Waals surface area (Å²) < 4.78 is 0.